The first kappa shape index (κ1) is 14.0. The zero-order chi connectivity index (χ0) is 12.3. The highest BCUT2D eigenvalue weighted by atomic mass is 16.5. The molecule has 0 aromatic heterocycles. The Morgan fingerprint density at radius 1 is 1.19 bits per heavy atom. The summed E-state index contributed by atoms with van der Waals surface area (Å²) in [5.41, 5.74) is 5.97. The van der Waals surface area contributed by atoms with E-state index in [0.717, 1.165) is 11.8 Å². The predicted octanol–water partition coefficient (Wildman–Crippen LogP) is 3.20. The molecule has 4 unspecified atom stereocenters. The summed E-state index contributed by atoms with van der Waals surface area (Å²) in [6, 6.07) is 0. The summed E-state index contributed by atoms with van der Waals surface area (Å²) in [7, 11) is 0. The Hall–Kier alpha value is -0.0800. The molecule has 1 saturated carbocycles. The van der Waals surface area contributed by atoms with Crippen LogP contribution in [0, 0.1) is 17.3 Å². The first-order valence-corrected chi connectivity index (χ1v) is 6.70. The van der Waals surface area contributed by atoms with Gasteiger partial charge in [0.05, 0.1) is 12.2 Å². The highest BCUT2D eigenvalue weighted by Gasteiger charge is 2.31. The largest absolute Gasteiger partial charge is 0.373 e. The summed E-state index contributed by atoms with van der Waals surface area (Å²) in [4.78, 5) is 0. The zero-order valence-electron chi connectivity index (χ0n) is 11.6. The van der Waals surface area contributed by atoms with Crippen LogP contribution in [-0.2, 0) is 4.74 Å². The SMILES string of the molecule is CC1CCC(OC(CN)C(C)(C)C)CC1C. The van der Waals surface area contributed by atoms with E-state index in [-0.39, 0.29) is 11.5 Å². The van der Waals surface area contributed by atoms with Crippen LogP contribution in [0.15, 0.2) is 0 Å². The smallest absolute Gasteiger partial charge is 0.0749 e. The maximum Gasteiger partial charge on any atom is 0.0749 e. The monoisotopic (exact) mass is 227 g/mol. The van der Waals surface area contributed by atoms with E-state index >= 15 is 0 Å². The van der Waals surface area contributed by atoms with E-state index in [2.05, 4.69) is 34.6 Å². The number of hydrogen-bond acceptors (Lipinski definition) is 2. The summed E-state index contributed by atoms with van der Waals surface area (Å²) in [5, 5.41) is 0. The second kappa shape index (κ2) is 5.50. The van der Waals surface area contributed by atoms with Crippen molar-refractivity contribution >= 4 is 0 Å². The summed E-state index contributed by atoms with van der Waals surface area (Å²) in [5.74, 6) is 1.64. The molecular formula is C14H29NO. The van der Waals surface area contributed by atoms with Gasteiger partial charge < -0.3 is 10.5 Å². The van der Waals surface area contributed by atoms with Crippen molar-refractivity contribution in [3.05, 3.63) is 0 Å². The van der Waals surface area contributed by atoms with Gasteiger partial charge in [-0.15, -0.1) is 0 Å². The zero-order valence-corrected chi connectivity index (χ0v) is 11.6. The molecule has 0 radical (unpaired) electrons. The number of nitrogens with two attached hydrogens (primary N) is 1. The Morgan fingerprint density at radius 2 is 1.81 bits per heavy atom. The number of ether oxygens (including phenoxy) is 1. The van der Waals surface area contributed by atoms with Crippen LogP contribution in [0.5, 0.6) is 0 Å². The molecule has 0 heterocycles. The minimum absolute atomic E-state index is 0.154. The molecule has 96 valence electrons. The van der Waals surface area contributed by atoms with Gasteiger partial charge in [-0.25, -0.2) is 0 Å². The lowest BCUT2D eigenvalue weighted by Crippen LogP contribution is -2.41. The molecule has 1 fully saturated rings. The van der Waals surface area contributed by atoms with Crippen LogP contribution in [0.4, 0.5) is 0 Å². The fourth-order valence-corrected chi connectivity index (χ4v) is 2.47. The second-order valence-electron chi connectivity index (χ2n) is 6.62. The van der Waals surface area contributed by atoms with Crippen LogP contribution in [0.1, 0.15) is 53.9 Å². The Labute approximate surface area is 101 Å². The van der Waals surface area contributed by atoms with Crippen molar-refractivity contribution in [3.8, 4) is 0 Å². The first-order chi connectivity index (χ1) is 7.34. The molecule has 0 aromatic rings. The summed E-state index contributed by atoms with van der Waals surface area (Å²) >= 11 is 0. The molecular weight excluding hydrogens is 198 g/mol. The van der Waals surface area contributed by atoms with E-state index in [1.165, 1.54) is 19.3 Å². The van der Waals surface area contributed by atoms with Gasteiger partial charge in [-0.05, 0) is 36.5 Å². The number of hydrogen-bond donors (Lipinski definition) is 1. The first-order valence-electron chi connectivity index (χ1n) is 6.70. The van der Waals surface area contributed by atoms with Gasteiger partial charge in [-0.2, -0.15) is 0 Å². The van der Waals surface area contributed by atoms with Crippen molar-refractivity contribution in [2.24, 2.45) is 23.0 Å². The molecule has 1 aliphatic carbocycles. The van der Waals surface area contributed by atoms with Crippen molar-refractivity contribution in [1.82, 2.24) is 0 Å². The molecule has 0 aliphatic heterocycles. The predicted molar refractivity (Wildman–Crippen MR) is 69.3 cm³/mol. The minimum atomic E-state index is 0.154. The van der Waals surface area contributed by atoms with Crippen LogP contribution >= 0.6 is 0 Å². The highest BCUT2D eigenvalue weighted by molar-refractivity contribution is 4.81. The molecule has 2 heteroatoms. The Balaban J connectivity index is 2.47. The van der Waals surface area contributed by atoms with Crippen LogP contribution in [0.3, 0.4) is 0 Å². The molecule has 1 aliphatic rings. The molecule has 2 N–H and O–H groups in total. The van der Waals surface area contributed by atoms with E-state index in [4.69, 9.17) is 10.5 Å². The molecule has 16 heavy (non-hydrogen) atoms. The van der Waals surface area contributed by atoms with Gasteiger partial charge in [0.2, 0.25) is 0 Å². The van der Waals surface area contributed by atoms with E-state index in [9.17, 15) is 0 Å². The van der Waals surface area contributed by atoms with Crippen LogP contribution in [0.25, 0.3) is 0 Å². The normalized spacial score (nSPS) is 33.8. The molecule has 0 spiro atoms. The van der Waals surface area contributed by atoms with E-state index < -0.39 is 0 Å². The van der Waals surface area contributed by atoms with Gasteiger partial charge in [0.15, 0.2) is 0 Å². The molecule has 1 rings (SSSR count). The Bertz CT molecular complexity index is 209. The summed E-state index contributed by atoms with van der Waals surface area (Å²) < 4.78 is 6.20. The molecule has 0 bridgehead atoms. The Morgan fingerprint density at radius 3 is 2.25 bits per heavy atom. The fraction of sp³-hybridized carbons (Fsp3) is 1.00. The van der Waals surface area contributed by atoms with E-state index in [0.29, 0.717) is 12.6 Å². The second-order valence-corrected chi connectivity index (χ2v) is 6.62. The third kappa shape index (κ3) is 3.74. The summed E-state index contributed by atoms with van der Waals surface area (Å²) in [6.07, 6.45) is 4.33. The average Bonchev–Trinajstić information content (AvgIpc) is 2.18. The van der Waals surface area contributed by atoms with Gasteiger partial charge in [-0.1, -0.05) is 34.6 Å². The fourth-order valence-electron chi connectivity index (χ4n) is 2.47. The quantitative estimate of drug-likeness (QED) is 0.803. The van der Waals surface area contributed by atoms with Crippen molar-refractivity contribution < 1.29 is 4.74 Å². The molecule has 2 nitrogen and oxygen atoms in total. The van der Waals surface area contributed by atoms with Crippen molar-refractivity contribution in [2.45, 2.75) is 66.1 Å². The topological polar surface area (TPSA) is 35.2 Å². The highest BCUT2D eigenvalue weighted by Crippen LogP contribution is 2.33. The van der Waals surface area contributed by atoms with Crippen molar-refractivity contribution in [1.29, 1.82) is 0 Å². The summed E-state index contributed by atoms with van der Waals surface area (Å²) in [6.45, 7) is 11.9. The third-order valence-electron chi connectivity index (χ3n) is 4.09. The van der Waals surface area contributed by atoms with Gasteiger partial charge >= 0.3 is 0 Å². The standard InChI is InChI=1S/C14H29NO/c1-10-6-7-12(8-11(10)2)16-13(9-15)14(3,4)5/h10-13H,6-9,15H2,1-5H3. The van der Waals surface area contributed by atoms with Crippen LogP contribution in [-0.4, -0.2) is 18.8 Å². The lowest BCUT2D eigenvalue weighted by Gasteiger charge is -2.38. The van der Waals surface area contributed by atoms with Crippen LogP contribution in [0.2, 0.25) is 0 Å². The van der Waals surface area contributed by atoms with E-state index in [1.807, 2.05) is 0 Å². The minimum Gasteiger partial charge on any atom is -0.373 e. The average molecular weight is 227 g/mol. The van der Waals surface area contributed by atoms with Crippen molar-refractivity contribution in [3.63, 3.8) is 0 Å². The number of rotatable bonds is 3. The lowest BCUT2D eigenvalue weighted by atomic mass is 9.80. The molecule has 4 atom stereocenters. The van der Waals surface area contributed by atoms with Gasteiger partial charge in [0.1, 0.15) is 0 Å². The molecule has 0 aromatic carbocycles. The van der Waals surface area contributed by atoms with Gasteiger partial charge in [0.25, 0.3) is 0 Å². The maximum absolute atomic E-state index is 6.20. The maximum atomic E-state index is 6.20. The lowest BCUT2D eigenvalue weighted by molar-refractivity contribution is -0.0851. The van der Waals surface area contributed by atoms with Gasteiger partial charge in [-0.3, -0.25) is 0 Å². The Kier molecular flexibility index (Phi) is 4.81. The van der Waals surface area contributed by atoms with E-state index in [1.54, 1.807) is 0 Å². The van der Waals surface area contributed by atoms with Crippen molar-refractivity contribution in [2.75, 3.05) is 6.54 Å². The molecule has 0 amide bonds. The van der Waals surface area contributed by atoms with Gasteiger partial charge in [0, 0.05) is 6.54 Å². The third-order valence-corrected chi connectivity index (χ3v) is 4.09. The molecule has 0 saturated heterocycles. The van der Waals surface area contributed by atoms with Crippen LogP contribution < -0.4 is 5.73 Å².